The molecule has 2 amide bonds. The van der Waals surface area contributed by atoms with Gasteiger partial charge in [0.1, 0.15) is 0 Å². The summed E-state index contributed by atoms with van der Waals surface area (Å²) in [5.74, 6) is -0.900. The van der Waals surface area contributed by atoms with E-state index in [9.17, 15) is 18.0 Å². The van der Waals surface area contributed by atoms with Gasteiger partial charge in [0.05, 0.1) is 10.6 Å². The molecule has 0 saturated carbocycles. The number of carbonyl (C=O) groups excluding carboxylic acids is 2. The fourth-order valence-corrected chi connectivity index (χ4v) is 2.34. The summed E-state index contributed by atoms with van der Waals surface area (Å²) in [6.45, 7) is 3.11. The Kier molecular flexibility index (Phi) is 3.03. The van der Waals surface area contributed by atoms with E-state index in [1.165, 1.54) is 24.3 Å². The van der Waals surface area contributed by atoms with Crippen LogP contribution in [0.3, 0.4) is 0 Å². The van der Waals surface area contributed by atoms with E-state index in [-0.39, 0.29) is 10.6 Å². The van der Waals surface area contributed by atoms with Gasteiger partial charge < -0.3 is 0 Å². The van der Waals surface area contributed by atoms with Crippen LogP contribution in [0.4, 0.5) is 5.69 Å². The molecule has 0 unspecified atom stereocenters. The number of nitrogens with two attached hydrogens (primary N) is 1. The molecule has 0 bridgehead atoms. The van der Waals surface area contributed by atoms with Crippen molar-refractivity contribution in [1.82, 2.24) is 0 Å². The number of anilines is 1. The van der Waals surface area contributed by atoms with Crippen molar-refractivity contribution in [3.63, 3.8) is 0 Å². The molecule has 1 heterocycles. The van der Waals surface area contributed by atoms with E-state index < -0.39 is 21.8 Å². The zero-order valence-electron chi connectivity index (χ0n) is 10.4. The van der Waals surface area contributed by atoms with Crippen LogP contribution in [0, 0.1) is 0 Å². The summed E-state index contributed by atoms with van der Waals surface area (Å²) < 4.78 is 22.5. The standard InChI is InChI=1S/C12H12N2O4S/c1-7-8(2)12(16)14(11(7)15)9-4-3-5-10(6-9)19(13,17)18/h3-6H,1-2H3,(H2,13,17,18). The predicted molar refractivity (Wildman–Crippen MR) is 68.7 cm³/mol. The maximum absolute atomic E-state index is 12.0. The van der Waals surface area contributed by atoms with Crippen LogP contribution in [0.25, 0.3) is 0 Å². The molecule has 7 heteroatoms. The molecule has 0 spiro atoms. The molecule has 1 aromatic rings. The average Bonchev–Trinajstić information content (AvgIpc) is 2.53. The van der Waals surface area contributed by atoms with E-state index in [0.717, 1.165) is 4.90 Å². The summed E-state index contributed by atoms with van der Waals surface area (Å²) in [6.07, 6.45) is 0. The minimum Gasteiger partial charge on any atom is -0.269 e. The lowest BCUT2D eigenvalue weighted by Crippen LogP contribution is -2.31. The van der Waals surface area contributed by atoms with Crippen molar-refractivity contribution >= 4 is 27.5 Å². The number of benzene rings is 1. The normalized spacial score (nSPS) is 16.5. The molecule has 6 nitrogen and oxygen atoms in total. The van der Waals surface area contributed by atoms with Crippen LogP contribution in [0.15, 0.2) is 40.3 Å². The highest BCUT2D eigenvalue weighted by Gasteiger charge is 2.34. The second-order valence-corrected chi connectivity index (χ2v) is 5.80. The third-order valence-electron chi connectivity index (χ3n) is 3.01. The summed E-state index contributed by atoms with van der Waals surface area (Å²) in [5.41, 5.74) is 0.898. The van der Waals surface area contributed by atoms with E-state index in [0.29, 0.717) is 11.1 Å². The largest absolute Gasteiger partial charge is 0.269 e. The number of carbonyl (C=O) groups is 2. The SMILES string of the molecule is CC1=C(C)C(=O)N(c2cccc(S(N)(=O)=O)c2)C1=O. The number of sulfonamides is 1. The number of amides is 2. The molecule has 2 rings (SSSR count). The van der Waals surface area contributed by atoms with Gasteiger partial charge >= 0.3 is 0 Å². The van der Waals surface area contributed by atoms with Crippen molar-refractivity contribution in [1.29, 1.82) is 0 Å². The highest BCUT2D eigenvalue weighted by Crippen LogP contribution is 2.27. The quantitative estimate of drug-likeness (QED) is 0.799. The average molecular weight is 280 g/mol. The van der Waals surface area contributed by atoms with Gasteiger partial charge in [-0.15, -0.1) is 0 Å². The van der Waals surface area contributed by atoms with Gasteiger partial charge in [0.15, 0.2) is 0 Å². The number of primary sulfonamides is 1. The molecule has 0 saturated heterocycles. The molecule has 19 heavy (non-hydrogen) atoms. The Hall–Kier alpha value is -1.99. The van der Waals surface area contributed by atoms with Crippen molar-refractivity contribution in [2.24, 2.45) is 5.14 Å². The predicted octanol–water partition coefficient (Wildman–Crippen LogP) is 0.544. The smallest absolute Gasteiger partial charge is 0.261 e. The third kappa shape index (κ3) is 2.18. The van der Waals surface area contributed by atoms with Crippen LogP contribution in [0.2, 0.25) is 0 Å². The second-order valence-electron chi connectivity index (χ2n) is 4.24. The Morgan fingerprint density at radius 2 is 1.58 bits per heavy atom. The van der Waals surface area contributed by atoms with Gasteiger partial charge in [-0.1, -0.05) is 6.07 Å². The first-order valence-electron chi connectivity index (χ1n) is 5.42. The van der Waals surface area contributed by atoms with Crippen LogP contribution in [-0.2, 0) is 19.6 Å². The minimum atomic E-state index is -3.88. The molecule has 0 atom stereocenters. The van der Waals surface area contributed by atoms with E-state index in [4.69, 9.17) is 5.14 Å². The van der Waals surface area contributed by atoms with Gasteiger partial charge in [-0.3, -0.25) is 9.59 Å². The summed E-state index contributed by atoms with van der Waals surface area (Å²) in [6, 6.07) is 5.42. The molecule has 1 aliphatic rings. The first-order chi connectivity index (χ1) is 8.73. The van der Waals surface area contributed by atoms with Gasteiger partial charge in [0, 0.05) is 11.1 Å². The van der Waals surface area contributed by atoms with Crippen molar-refractivity contribution in [2.75, 3.05) is 4.90 Å². The van der Waals surface area contributed by atoms with Crippen molar-refractivity contribution in [3.05, 3.63) is 35.4 Å². The summed E-state index contributed by atoms with van der Waals surface area (Å²) >= 11 is 0. The Bertz CT molecular complexity index is 695. The summed E-state index contributed by atoms with van der Waals surface area (Å²) in [7, 11) is -3.88. The molecule has 100 valence electrons. The zero-order valence-corrected chi connectivity index (χ0v) is 11.2. The van der Waals surface area contributed by atoms with E-state index in [1.807, 2.05) is 0 Å². The molecular weight excluding hydrogens is 268 g/mol. The number of rotatable bonds is 2. The molecule has 0 radical (unpaired) electrons. The summed E-state index contributed by atoms with van der Waals surface area (Å²) in [4.78, 5) is 24.7. The molecule has 2 N–H and O–H groups in total. The Labute approximate surface area is 110 Å². The van der Waals surface area contributed by atoms with Crippen LogP contribution < -0.4 is 10.0 Å². The van der Waals surface area contributed by atoms with E-state index in [1.54, 1.807) is 13.8 Å². The molecule has 0 aliphatic carbocycles. The first kappa shape index (κ1) is 13.4. The van der Waals surface area contributed by atoms with Gasteiger partial charge in [-0.2, -0.15) is 0 Å². The lowest BCUT2D eigenvalue weighted by Gasteiger charge is -2.15. The van der Waals surface area contributed by atoms with Gasteiger partial charge in [-0.25, -0.2) is 18.5 Å². The number of nitrogens with zero attached hydrogens (tertiary/aromatic N) is 1. The first-order valence-corrected chi connectivity index (χ1v) is 6.97. The Morgan fingerprint density at radius 1 is 1.05 bits per heavy atom. The van der Waals surface area contributed by atoms with Gasteiger partial charge in [0.25, 0.3) is 11.8 Å². The lowest BCUT2D eigenvalue weighted by atomic mass is 10.2. The molecule has 0 aromatic heterocycles. The van der Waals surface area contributed by atoms with Gasteiger partial charge in [-0.05, 0) is 32.0 Å². The van der Waals surface area contributed by atoms with Crippen LogP contribution >= 0.6 is 0 Å². The Balaban J connectivity index is 2.51. The number of hydrogen-bond donors (Lipinski definition) is 1. The fraction of sp³-hybridized carbons (Fsp3) is 0.167. The summed E-state index contributed by atoms with van der Waals surface area (Å²) in [5, 5.41) is 5.02. The maximum atomic E-state index is 12.0. The van der Waals surface area contributed by atoms with Crippen LogP contribution in [0.1, 0.15) is 13.8 Å². The molecule has 1 aliphatic heterocycles. The minimum absolute atomic E-state index is 0.146. The fourth-order valence-electron chi connectivity index (χ4n) is 1.78. The maximum Gasteiger partial charge on any atom is 0.261 e. The monoisotopic (exact) mass is 280 g/mol. The van der Waals surface area contributed by atoms with Crippen molar-refractivity contribution < 1.29 is 18.0 Å². The molecular formula is C12H12N2O4S. The van der Waals surface area contributed by atoms with Crippen molar-refractivity contribution in [2.45, 2.75) is 18.7 Å². The van der Waals surface area contributed by atoms with E-state index >= 15 is 0 Å². The number of imide groups is 1. The highest BCUT2D eigenvalue weighted by atomic mass is 32.2. The van der Waals surface area contributed by atoms with Crippen molar-refractivity contribution in [3.8, 4) is 0 Å². The highest BCUT2D eigenvalue weighted by molar-refractivity contribution is 7.89. The number of hydrogen-bond acceptors (Lipinski definition) is 4. The third-order valence-corrected chi connectivity index (χ3v) is 3.93. The molecule has 0 fully saturated rings. The second kappa shape index (κ2) is 4.29. The Morgan fingerprint density at radius 3 is 2.05 bits per heavy atom. The zero-order chi connectivity index (χ0) is 14.4. The van der Waals surface area contributed by atoms with E-state index in [2.05, 4.69) is 0 Å². The molecule has 1 aromatic carbocycles. The van der Waals surface area contributed by atoms with Crippen LogP contribution in [-0.4, -0.2) is 20.2 Å². The topological polar surface area (TPSA) is 97.5 Å². The van der Waals surface area contributed by atoms with Crippen LogP contribution in [0.5, 0.6) is 0 Å². The lowest BCUT2D eigenvalue weighted by molar-refractivity contribution is -0.120. The van der Waals surface area contributed by atoms with Gasteiger partial charge in [0.2, 0.25) is 10.0 Å².